The van der Waals surface area contributed by atoms with Crippen LogP contribution >= 0.6 is 0 Å². The Morgan fingerprint density at radius 1 is 0.838 bits per heavy atom. The molecule has 0 aromatic carbocycles. The number of ether oxygens (including phenoxy) is 3. The Morgan fingerprint density at radius 2 is 1.49 bits per heavy atom. The van der Waals surface area contributed by atoms with E-state index in [1.807, 2.05) is 27.7 Å². The van der Waals surface area contributed by atoms with Crippen LogP contribution in [0.2, 0.25) is 0 Å². The number of carbonyl (C=O) groups excluding carboxylic acids is 3. The fourth-order valence-corrected chi connectivity index (χ4v) is 12.8. The zero-order valence-corrected chi connectivity index (χ0v) is 22.7. The van der Waals surface area contributed by atoms with Crippen LogP contribution in [-0.4, -0.2) is 51.8 Å². The van der Waals surface area contributed by atoms with Gasteiger partial charge in [-0.25, -0.2) is 0 Å². The van der Waals surface area contributed by atoms with Crippen molar-refractivity contribution in [2.75, 3.05) is 0 Å². The van der Waals surface area contributed by atoms with E-state index in [9.17, 15) is 19.5 Å². The molecule has 0 radical (unpaired) electrons. The normalized spacial score (nSPS) is 66.5. The van der Waals surface area contributed by atoms with E-state index in [0.29, 0.717) is 6.42 Å². The number of fused-ring (bicyclic) bond motifs is 7. The van der Waals surface area contributed by atoms with Gasteiger partial charge in [-0.1, -0.05) is 20.8 Å². The van der Waals surface area contributed by atoms with Crippen molar-refractivity contribution in [1.29, 1.82) is 0 Å². The minimum Gasteiger partial charge on any atom is -0.462 e. The molecule has 5 aliphatic carbocycles. The van der Waals surface area contributed by atoms with E-state index in [1.165, 1.54) is 0 Å². The van der Waals surface area contributed by atoms with Crippen LogP contribution in [0.3, 0.4) is 0 Å². The summed E-state index contributed by atoms with van der Waals surface area (Å²) in [6, 6.07) is 0. The molecular formula is C30H40O7. The first-order valence-corrected chi connectivity index (χ1v) is 14.7. The predicted octanol–water partition coefficient (Wildman–Crippen LogP) is 3.16. The van der Waals surface area contributed by atoms with E-state index in [-0.39, 0.29) is 95.0 Å². The summed E-state index contributed by atoms with van der Waals surface area (Å²) in [4.78, 5) is 40.2. The summed E-state index contributed by atoms with van der Waals surface area (Å²) in [6.07, 6.45) is 2.45. The molecule has 0 aromatic rings. The maximum Gasteiger partial charge on any atom is 0.309 e. The number of hydrogen-bond donors (Lipinski definition) is 1. The molecule has 7 heteroatoms. The SMILES string of the molecule is CC1C(=O)OC2C1CCC(C)(O)C1C2C(C)C2C1C1C(=O)C3(C)OC4(C)CCC5C(C)C(=O)OC5C23C14. The molecule has 8 aliphatic rings. The average molecular weight is 513 g/mol. The first kappa shape index (κ1) is 23.4. The smallest absolute Gasteiger partial charge is 0.309 e. The highest BCUT2D eigenvalue weighted by Crippen LogP contribution is 2.85. The highest BCUT2D eigenvalue weighted by molar-refractivity contribution is 5.97. The van der Waals surface area contributed by atoms with Crippen LogP contribution in [0.1, 0.15) is 67.2 Å². The molecular weight excluding hydrogens is 472 g/mol. The fraction of sp³-hybridized carbons (Fsp3) is 0.900. The lowest BCUT2D eigenvalue weighted by molar-refractivity contribution is -0.208. The predicted molar refractivity (Wildman–Crippen MR) is 130 cm³/mol. The number of rotatable bonds is 0. The third-order valence-electron chi connectivity index (χ3n) is 13.8. The molecule has 8 rings (SSSR count). The van der Waals surface area contributed by atoms with Gasteiger partial charge in [0.25, 0.3) is 0 Å². The number of hydrogen-bond acceptors (Lipinski definition) is 7. The third-order valence-corrected chi connectivity index (χ3v) is 13.8. The minimum absolute atomic E-state index is 0.0227. The zero-order chi connectivity index (χ0) is 26.2. The van der Waals surface area contributed by atoms with Crippen LogP contribution in [0.4, 0.5) is 0 Å². The van der Waals surface area contributed by atoms with E-state index in [0.717, 1.165) is 19.3 Å². The topological polar surface area (TPSA) is 99.1 Å². The van der Waals surface area contributed by atoms with E-state index in [1.54, 1.807) is 0 Å². The van der Waals surface area contributed by atoms with Crippen LogP contribution < -0.4 is 0 Å². The Kier molecular flexibility index (Phi) is 4.09. The second kappa shape index (κ2) is 6.46. The molecule has 3 aliphatic heterocycles. The molecule has 17 atom stereocenters. The maximum absolute atomic E-state index is 14.4. The molecule has 0 amide bonds. The van der Waals surface area contributed by atoms with E-state index in [2.05, 4.69) is 13.8 Å². The molecule has 17 unspecified atom stereocenters. The number of esters is 2. The van der Waals surface area contributed by atoms with Crippen molar-refractivity contribution in [3.8, 4) is 0 Å². The quantitative estimate of drug-likeness (QED) is 0.498. The largest absolute Gasteiger partial charge is 0.462 e. The lowest BCUT2D eigenvalue weighted by atomic mass is 9.54. The van der Waals surface area contributed by atoms with Crippen LogP contribution in [-0.2, 0) is 28.6 Å². The number of carbonyl (C=O) groups is 3. The first-order chi connectivity index (χ1) is 17.3. The molecule has 5 saturated carbocycles. The zero-order valence-electron chi connectivity index (χ0n) is 22.7. The van der Waals surface area contributed by atoms with Gasteiger partial charge in [0.05, 0.1) is 28.5 Å². The maximum atomic E-state index is 14.4. The van der Waals surface area contributed by atoms with Gasteiger partial charge >= 0.3 is 11.9 Å². The standard InChI is InChI=1S/C30H40O7/c1-11-14-7-9-27(4,34)20-16(21(14)35-25(11)32)13(3)19-17(20)18-22-28(5)10-8-15-12(2)26(33)36-24(15)30(19,22)29(6,37-28)23(18)31/h11-22,24,34H,7-10H2,1-6H3. The highest BCUT2D eigenvalue weighted by Gasteiger charge is 2.93. The molecule has 202 valence electrons. The summed E-state index contributed by atoms with van der Waals surface area (Å²) in [5, 5.41) is 12.1. The van der Waals surface area contributed by atoms with Gasteiger partial charge in [-0.2, -0.15) is 0 Å². The fourth-order valence-electron chi connectivity index (χ4n) is 12.8. The van der Waals surface area contributed by atoms with Gasteiger partial charge in [-0.05, 0) is 70.1 Å². The van der Waals surface area contributed by atoms with Gasteiger partial charge in [0.15, 0.2) is 5.78 Å². The molecule has 7 nitrogen and oxygen atoms in total. The van der Waals surface area contributed by atoms with E-state index < -0.39 is 22.2 Å². The molecule has 0 aromatic heterocycles. The third kappa shape index (κ3) is 2.18. The second-order valence-electron chi connectivity index (χ2n) is 14.9. The Morgan fingerprint density at radius 3 is 2.22 bits per heavy atom. The van der Waals surface area contributed by atoms with Crippen LogP contribution in [0.15, 0.2) is 0 Å². The average Bonchev–Trinajstić information content (AvgIpc) is 3.53. The Hall–Kier alpha value is -1.47. The van der Waals surface area contributed by atoms with Crippen molar-refractivity contribution in [2.45, 2.75) is 96.2 Å². The van der Waals surface area contributed by atoms with Gasteiger partial charge < -0.3 is 19.3 Å². The molecule has 0 spiro atoms. The molecule has 8 fully saturated rings. The van der Waals surface area contributed by atoms with Crippen molar-refractivity contribution >= 4 is 17.7 Å². The summed E-state index contributed by atoms with van der Waals surface area (Å²) in [5.74, 6) is -0.627. The van der Waals surface area contributed by atoms with Crippen LogP contribution in [0, 0.1) is 70.5 Å². The number of Topliss-reactive ketones (excluding diaryl/α,β-unsaturated/α-hetero) is 1. The van der Waals surface area contributed by atoms with Gasteiger partial charge in [0.2, 0.25) is 0 Å². The minimum atomic E-state index is -1.01. The summed E-state index contributed by atoms with van der Waals surface area (Å²) in [6.45, 7) is 12.3. The first-order valence-electron chi connectivity index (χ1n) is 14.7. The molecule has 3 saturated heterocycles. The van der Waals surface area contributed by atoms with Crippen molar-refractivity contribution in [1.82, 2.24) is 0 Å². The summed E-state index contributed by atoms with van der Waals surface area (Å²) in [5.41, 5.74) is -3.02. The monoisotopic (exact) mass is 512 g/mol. The van der Waals surface area contributed by atoms with Crippen LogP contribution in [0.25, 0.3) is 0 Å². The van der Waals surface area contributed by atoms with Gasteiger partial charge in [-0.3, -0.25) is 14.4 Å². The Balaban J connectivity index is 1.36. The van der Waals surface area contributed by atoms with Gasteiger partial charge in [0.1, 0.15) is 17.8 Å². The van der Waals surface area contributed by atoms with Crippen molar-refractivity contribution < 1.29 is 33.7 Å². The summed E-state index contributed by atoms with van der Waals surface area (Å²) >= 11 is 0. The molecule has 5 bridgehead atoms. The van der Waals surface area contributed by atoms with Gasteiger partial charge in [-0.15, -0.1) is 0 Å². The number of aliphatic hydroxyl groups is 1. The molecule has 37 heavy (non-hydrogen) atoms. The van der Waals surface area contributed by atoms with Crippen molar-refractivity contribution in [2.24, 2.45) is 70.5 Å². The van der Waals surface area contributed by atoms with Crippen molar-refractivity contribution in [3.05, 3.63) is 0 Å². The lowest BCUT2D eigenvalue weighted by Crippen LogP contribution is -2.63. The second-order valence-corrected chi connectivity index (χ2v) is 14.9. The number of ketones is 1. The van der Waals surface area contributed by atoms with E-state index >= 15 is 0 Å². The van der Waals surface area contributed by atoms with Gasteiger partial charge in [0, 0.05) is 29.6 Å². The summed E-state index contributed by atoms with van der Waals surface area (Å²) in [7, 11) is 0. The van der Waals surface area contributed by atoms with Crippen molar-refractivity contribution in [3.63, 3.8) is 0 Å². The summed E-state index contributed by atoms with van der Waals surface area (Å²) < 4.78 is 19.3. The van der Waals surface area contributed by atoms with E-state index in [4.69, 9.17) is 14.2 Å². The van der Waals surface area contributed by atoms with Crippen LogP contribution in [0.5, 0.6) is 0 Å². The highest BCUT2D eigenvalue weighted by atomic mass is 16.6. The Bertz CT molecular complexity index is 1150. The molecule has 1 N–H and O–H groups in total. The lowest BCUT2D eigenvalue weighted by Gasteiger charge is -2.52. The molecule has 3 heterocycles. The Labute approximate surface area is 218 Å².